The van der Waals surface area contributed by atoms with Crippen molar-refractivity contribution < 1.29 is 8.84 Å². The minimum atomic E-state index is 0.528. The van der Waals surface area contributed by atoms with Gasteiger partial charge in [0.25, 0.3) is 6.20 Å². The van der Waals surface area contributed by atoms with Gasteiger partial charge in [0, 0.05) is 6.07 Å². The Balaban J connectivity index is 2.89. The number of nitrogens with zero attached hydrogens (tertiary/aromatic N) is 3. The van der Waals surface area contributed by atoms with Crippen LogP contribution >= 0.6 is 0 Å². The van der Waals surface area contributed by atoms with Gasteiger partial charge in [0.2, 0.25) is 5.36 Å². The molecule has 1 aliphatic heterocycles. The number of hydrogen-bond donors (Lipinski definition) is 0. The highest BCUT2D eigenvalue weighted by Crippen LogP contribution is 1.78. The van der Waals surface area contributed by atoms with Gasteiger partial charge in [-0.3, -0.25) is 0 Å². The molecule has 4 nitrogen and oxygen atoms in total. The van der Waals surface area contributed by atoms with Crippen LogP contribution in [0.4, 0.5) is 0 Å². The molecule has 0 saturated heterocycles. The third-order valence-corrected chi connectivity index (χ3v) is 1.63. The topological polar surface area (TPSA) is 36.3 Å². The molecule has 5 heteroatoms. The third kappa shape index (κ3) is 0.988. The van der Waals surface area contributed by atoms with Gasteiger partial charge in [-0.15, -0.1) is 0 Å². The molecule has 0 fully saturated rings. The molecule has 2 heterocycles. The average molecular weight is 166 g/mol. The summed E-state index contributed by atoms with van der Waals surface area (Å²) in [5.74, 6) is 0. The summed E-state index contributed by atoms with van der Waals surface area (Å²) in [6, 6.07) is 1.75. The summed E-state index contributed by atoms with van der Waals surface area (Å²) in [6.45, 7) is 0. The van der Waals surface area contributed by atoms with Crippen molar-refractivity contribution in [3.63, 3.8) is 0 Å². The number of hydrogen-bond acceptors (Lipinski definition) is 2. The predicted octanol–water partition coefficient (Wildman–Crippen LogP) is -1.65. The Morgan fingerprint density at radius 2 is 2.36 bits per heavy atom. The van der Waals surface area contributed by atoms with Crippen molar-refractivity contribution in [2.24, 2.45) is 5.10 Å². The van der Waals surface area contributed by atoms with Crippen LogP contribution in [0.25, 0.3) is 6.20 Å². The van der Waals surface area contributed by atoms with E-state index in [1.807, 2.05) is 0 Å². The Morgan fingerprint density at radius 1 is 1.55 bits per heavy atom. The zero-order chi connectivity index (χ0) is 7.84. The standard InChI is InChI=1S/C6H4N3OS/c10-9-3-5-1-2-8(11)4-6(5)7-9/h1-4H/q+1. The highest BCUT2D eigenvalue weighted by molar-refractivity contribution is 7.50. The van der Waals surface area contributed by atoms with Gasteiger partial charge in [-0.05, 0) is 0 Å². The maximum Gasteiger partial charge on any atom is 0.270 e. The van der Waals surface area contributed by atoms with Crippen molar-refractivity contribution in [1.82, 2.24) is 0 Å². The van der Waals surface area contributed by atoms with Crippen molar-refractivity contribution in [2.75, 3.05) is 0 Å². The van der Waals surface area contributed by atoms with E-state index in [1.165, 1.54) is 10.2 Å². The summed E-state index contributed by atoms with van der Waals surface area (Å²) in [5.41, 5.74) is 0. The number of aromatic nitrogens is 1. The Morgan fingerprint density at radius 3 is 3.18 bits per heavy atom. The van der Waals surface area contributed by atoms with Crippen LogP contribution in [0.15, 0.2) is 23.6 Å². The molecular weight excluding hydrogens is 162 g/mol. The van der Waals surface area contributed by atoms with E-state index in [2.05, 4.69) is 5.10 Å². The largest absolute Gasteiger partial charge is 0.427 e. The van der Waals surface area contributed by atoms with Crippen LogP contribution in [-0.4, -0.2) is 4.87 Å². The van der Waals surface area contributed by atoms with Crippen molar-refractivity contribution in [2.45, 2.75) is 0 Å². The second-order valence-corrected chi connectivity index (χ2v) is 2.60. The van der Waals surface area contributed by atoms with Crippen LogP contribution < -0.4 is 14.5 Å². The molecular formula is C6H4N3OS+. The molecule has 0 unspecified atom stereocenters. The van der Waals surface area contributed by atoms with Crippen LogP contribution in [0, 0.1) is 4.91 Å². The molecule has 0 atom stereocenters. The monoisotopic (exact) mass is 166 g/mol. The van der Waals surface area contributed by atoms with Gasteiger partial charge in [0.15, 0.2) is 17.3 Å². The molecule has 0 aliphatic carbocycles. The van der Waals surface area contributed by atoms with E-state index in [9.17, 15) is 4.91 Å². The zero-order valence-electron chi connectivity index (χ0n) is 5.47. The van der Waals surface area contributed by atoms with Crippen LogP contribution in [0.2, 0.25) is 0 Å². The van der Waals surface area contributed by atoms with E-state index < -0.39 is 0 Å². The maximum atomic E-state index is 10.7. The van der Waals surface area contributed by atoms with Crippen molar-refractivity contribution in [1.29, 1.82) is 0 Å². The fourth-order valence-corrected chi connectivity index (χ4v) is 1.08. The van der Waals surface area contributed by atoms with Crippen molar-refractivity contribution in [3.05, 3.63) is 33.9 Å². The fourth-order valence-electron chi connectivity index (χ4n) is 0.924. The lowest BCUT2D eigenvalue weighted by Gasteiger charge is -1.89. The summed E-state index contributed by atoms with van der Waals surface area (Å²) in [5, 5.41) is 5.08. The van der Waals surface area contributed by atoms with Crippen LogP contribution in [-0.2, 0) is 12.8 Å². The Bertz CT molecular complexity index is 440. The first-order valence-electron chi connectivity index (χ1n) is 3.01. The minimum Gasteiger partial charge on any atom is -0.427 e. The first-order chi connectivity index (χ1) is 5.25. The summed E-state index contributed by atoms with van der Waals surface area (Å²) in [7, 11) is 0. The number of nitroso groups, excluding NO2 is 1. The summed E-state index contributed by atoms with van der Waals surface area (Å²) in [4.78, 5) is 11.2. The number of rotatable bonds is 0. The fraction of sp³-hybridized carbons (Fsp3) is 0. The van der Waals surface area contributed by atoms with Gasteiger partial charge in [-0.2, -0.15) is 0 Å². The van der Waals surface area contributed by atoms with Gasteiger partial charge < -0.3 is 16.8 Å². The molecule has 0 saturated carbocycles. The molecule has 1 aliphatic rings. The van der Waals surface area contributed by atoms with E-state index in [0.717, 1.165) is 5.22 Å². The van der Waals surface area contributed by atoms with Gasteiger partial charge in [-0.25, -0.2) is 0 Å². The second kappa shape index (κ2) is 2.06. The Hall–Kier alpha value is -1.36. The van der Waals surface area contributed by atoms with Crippen molar-refractivity contribution >= 4 is 19.0 Å². The average Bonchev–Trinajstić information content (AvgIpc) is 2.27. The van der Waals surface area contributed by atoms with Crippen LogP contribution in [0.1, 0.15) is 0 Å². The minimum absolute atomic E-state index is 0.528. The lowest BCUT2D eigenvalue weighted by Crippen LogP contribution is -2.36. The molecule has 1 aromatic heterocycles. The van der Waals surface area contributed by atoms with Gasteiger partial charge >= 0.3 is 0 Å². The highest BCUT2D eigenvalue weighted by atomic mass is 32.1. The lowest BCUT2D eigenvalue weighted by molar-refractivity contribution is -0.495. The van der Waals surface area contributed by atoms with E-state index in [4.69, 9.17) is 12.8 Å². The quantitative estimate of drug-likeness (QED) is 0.342. The second-order valence-electron chi connectivity index (χ2n) is 2.18. The molecule has 0 N–H and O–H groups in total. The predicted molar refractivity (Wildman–Crippen MR) is 38.3 cm³/mol. The first kappa shape index (κ1) is 6.36. The zero-order valence-corrected chi connectivity index (χ0v) is 6.28. The first-order valence-corrected chi connectivity index (χ1v) is 3.38. The van der Waals surface area contributed by atoms with E-state index in [-0.39, 0.29) is 0 Å². The van der Waals surface area contributed by atoms with Crippen LogP contribution in [0.3, 0.4) is 0 Å². The van der Waals surface area contributed by atoms with E-state index in [1.54, 1.807) is 18.5 Å². The molecule has 0 spiro atoms. The highest BCUT2D eigenvalue weighted by Gasteiger charge is 2.11. The molecule has 0 amide bonds. The third-order valence-electron chi connectivity index (χ3n) is 1.40. The molecule has 0 bridgehead atoms. The summed E-state index contributed by atoms with van der Waals surface area (Å²) < 4.78 is 1.44. The van der Waals surface area contributed by atoms with Gasteiger partial charge in [-0.1, -0.05) is 0 Å². The Kier molecular flexibility index (Phi) is 1.19. The number of fused-ring (bicyclic) bond motifs is 1. The van der Waals surface area contributed by atoms with E-state index in [0.29, 0.717) is 10.2 Å². The van der Waals surface area contributed by atoms with Crippen LogP contribution in [0.5, 0.6) is 0 Å². The van der Waals surface area contributed by atoms with Gasteiger partial charge in [0.1, 0.15) is 0 Å². The maximum absolute atomic E-state index is 10.7. The Labute approximate surface area is 67.6 Å². The number of pyridine rings is 1. The molecule has 1 aromatic rings. The SMILES string of the molecule is O=[N+]1C=c2cc[n+]([S-])cc2=N1. The molecule has 0 radical (unpaired) electrons. The summed E-state index contributed by atoms with van der Waals surface area (Å²) >= 11 is 4.81. The van der Waals surface area contributed by atoms with E-state index >= 15 is 0 Å². The molecule has 0 aromatic carbocycles. The summed E-state index contributed by atoms with van der Waals surface area (Å²) in [6.07, 6.45) is 4.73. The van der Waals surface area contributed by atoms with Crippen molar-refractivity contribution in [3.8, 4) is 0 Å². The smallest absolute Gasteiger partial charge is 0.270 e. The normalized spacial score (nSPS) is 13.6. The molecule has 2 rings (SSSR count). The molecule has 11 heavy (non-hydrogen) atoms. The lowest BCUT2D eigenvalue weighted by atomic mass is 10.4. The molecule has 54 valence electrons. The van der Waals surface area contributed by atoms with Gasteiger partial charge in [0.05, 0.1) is 15.2 Å².